The van der Waals surface area contributed by atoms with Crippen molar-refractivity contribution in [3.63, 3.8) is 0 Å². The van der Waals surface area contributed by atoms with Gasteiger partial charge < -0.3 is 5.73 Å². The number of nitrogen functional groups attached to an aromatic ring is 1. The third-order valence-corrected chi connectivity index (χ3v) is 5.27. The third-order valence-electron chi connectivity index (χ3n) is 2.83. The number of nitrogens with one attached hydrogen (secondary N) is 1. The van der Waals surface area contributed by atoms with Crippen molar-refractivity contribution in [1.29, 1.82) is 0 Å². The maximum absolute atomic E-state index is 13.7. The molecule has 4 nitrogen and oxygen atoms in total. The number of halogens is 3. The lowest BCUT2D eigenvalue weighted by Gasteiger charge is -2.13. The van der Waals surface area contributed by atoms with E-state index in [0.717, 1.165) is 0 Å². The van der Waals surface area contributed by atoms with Crippen molar-refractivity contribution in [2.24, 2.45) is 0 Å². The molecule has 21 heavy (non-hydrogen) atoms. The molecule has 8 heteroatoms. The van der Waals surface area contributed by atoms with Gasteiger partial charge in [-0.2, -0.15) is 0 Å². The van der Waals surface area contributed by atoms with Crippen LogP contribution in [0.25, 0.3) is 0 Å². The van der Waals surface area contributed by atoms with Gasteiger partial charge in [0, 0.05) is 14.6 Å². The largest absolute Gasteiger partial charge is 0.398 e. The van der Waals surface area contributed by atoms with Crippen molar-refractivity contribution in [3.8, 4) is 0 Å². The Morgan fingerprint density at radius 3 is 2.48 bits per heavy atom. The van der Waals surface area contributed by atoms with Crippen molar-refractivity contribution in [3.05, 3.63) is 50.7 Å². The molecule has 0 bridgehead atoms. The fourth-order valence-corrected chi connectivity index (χ4v) is 4.08. The number of nitrogens with two attached hydrogens (primary N) is 1. The van der Waals surface area contributed by atoms with E-state index in [-0.39, 0.29) is 10.6 Å². The van der Waals surface area contributed by atoms with Crippen LogP contribution in [0.5, 0.6) is 0 Å². The SMILES string of the molecule is Cc1c(N)cc(Br)cc1S(=O)(=O)Nc1cc(Br)ccc1F. The first-order valence-corrected chi connectivity index (χ1v) is 8.81. The molecule has 0 atom stereocenters. The summed E-state index contributed by atoms with van der Waals surface area (Å²) in [6.07, 6.45) is 0. The molecule has 112 valence electrons. The van der Waals surface area contributed by atoms with Gasteiger partial charge >= 0.3 is 0 Å². The number of anilines is 2. The Balaban J connectivity index is 2.51. The molecule has 2 rings (SSSR count). The van der Waals surface area contributed by atoms with Gasteiger partial charge in [0.05, 0.1) is 10.6 Å². The van der Waals surface area contributed by atoms with Crippen LogP contribution >= 0.6 is 31.9 Å². The van der Waals surface area contributed by atoms with E-state index in [1.807, 2.05) is 0 Å². The Hall–Kier alpha value is -1.12. The Bertz CT molecular complexity index is 810. The second kappa shape index (κ2) is 5.94. The van der Waals surface area contributed by atoms with Crippen LogP contribution in [0, 0.1) is 12.7 Å². The van der Waals surface area contributed by atoms with Crippen LogP contribution in [-0.4, -0.2) is 8.42 Å². The lowest BCUT2D eigenvalue weighted by atomic mass is 10.2. The van der Waals surface area contributed by atoms with Crippen molar-refractivity contribution in [2.45, 2.75) is 11.8 Å². The van der Waals surface area contributed by atoms with Gasteiger partial charge in [-0.25, -0.2) is 12.8 Å². The summed E-state index contributed by atoms with van der Waals surface area (Å²) in [7, 11) is -3.95. The zero-order valence-corrected chi connectivity index (χ0v) is 14.8. The third kappa shape index (κ3) is 3.56. The summed E-state index contributed by atoms with van der Waals surface area (Å²) in [6.45, 7) is 1.59. The summed E-state index contributed by atoms with van der Waals surface area (Å²) in [4.78, 5) is -0.00579. The zero-order chi connectivity index (χ0) is 15.8. The molecule has 0 saturated carbocycles. The van der Waals surface area contributed by atoms with Crippen molar-refractivity contribution in [1.82, 2.24) is 0 Å². The molecule has 0 spiro atoms. The molecule has 0 aromatic heterocycles. The van der Waals surface area contributed by atoms with Gasteiger partial charge in [0.2, 0.25) is 0 Å². The Kier molecular flexibility index (Phi) is 4.60. The van der Waals surface area contributed by atoms with Crippen LogP contribution in [0.4, 0.5) is 15.8 Å². The van der Waals surface area contributed by atoms with Crippen LogP contribution in [0.1, 0.15) is 5.56 Å². The van der Waals surface area contributed by atoms with E-state index in [4.69, 9.17) is 5.73 Å². The minimum Gasteiger partial charge on any atom is -0.398 e. The van der Waals surface area contributed by atoms with Gasteiger partial charge in [-0.3, -0.25) is 4.72 Å². The maximum Gasteiger partial charge on any atom is 0.262 e. The fourth-order valence-electron chi connectivity index (χ4n) is 1.73. The normalized spacial score (nSPS) is 11.4. The monoisotopic (exact) mass is 436 g/mol. The minimum absolute atomic E-state index is 0.00579. The average Bonchev–Trinajstić information content (AvgIpc) is 2.37. The molecule has 0 radical (unpaired) electrons. The summed E-state index contributed by atoms with van der Waals surface area (Å²) >= 11 is 6.37. The molecule has 0 aliphatic carbocycles. The second-order valence-corrected chi connectivity index (χ2v) is 7.83. The zero-order valence-electron chi connectivity index (χ0n) is 10.8. The van der Waals surface area contributed by atoms with Gasteiger partial charge in [-0.05, 0) is 42.8 Å². The van der Waals surface area contributed by atoms with Gasteiger partial charge in [0.15, 0.2) is 0 Å². The van der Waals surface area contributed by atoms with E-state index in [0.29, 0.717) is 20.2 Å². The topological polar surface area (TPSA) is 72.2 Å². The van der Waals surface area contributed by atoms with Crippen LogP contribution in [0.3, 0.4) is 0 Å². The quantitative estimate of drug-likeness (QED) is 0.711. The van der Waals surface area contributed by atoms with Crippen LogP contribution in [-0.2, 0) is 10.0 Å². The molecular formula is C13H11Br2FN2O2S. The summed E-state index contributed by atoms with van der Waals surface area (Å²) in [5.41, 5.74) is 6.36. The number of benzene rings is 2. The predicted octanol–water partition coefficient (Wildman–Crippen LogP) is 4.04. The van der Waals surface area contributed by atoms with E-state index >= 15 is 0 Å². The van der Waals surface area contributed by atoms with Gasteiger partial charge in [0.1, 0.15) is 5.82 Å². The highest BCUT2D eigenvalue weighted by Crippen LogP contribution is 2.29. The number of sulfonamides is 1. The molecule has 2 aromatic carbocycles. The lowest BCUT2D eigenvalue weighted by molar-refractivity contribution is 0.598. The van der Waals surface area contributed by atoms with Gasteiger partial charge in [0.25, 0.3) is 10.0 Å². The van der Waals surface area contributed by atoms with E-state index in [1.165, 1.54) is 24.3 Å². The van der Waals surface area contributed by atoms with E-state index in [9.17, 15) is 12.8 Å². The number of hydrogen-bond donors (Lipinski definition) is 2. The smallest absolute Gasteiger partial charge is 0.262 e. The summed E-state index contributed by atoms with van der Waals surface area (Å²) in [5, 5.41) is 0. The Morgan fingerprint density at radius 2 is 1.81 bits per heavy atom. The molecule has 0 heterocycles. The summed E-state index contributed by atoms with van der Waals surface area (Å²) in [6, 6.07) is 7.03. The Morgan fingerprint density at radius 1 is 1.14 bits per heavy atom. The molecule has 0 saturated heterocycles. The molecule has 2 aromatic rings. The first-order chi connectivity index (χ1) is 9.70. The van der Waals surface area contributed by atoms with E-state index < -0.39 is 15.8 Å². The van der Waals surface area contributed by atoms with E-state index in [1.54, 1.807) is 13.0 Å². The van der Waals surface area contributed by atoms with Crippen molar-refractivity contribution >= 4 is 53.3 Å². The number of rotatable bonds is 3. The highest BCUT2D eigenvalue weighted by molar-refractivity contribution is 9.10. The van der Waals surface area contributed by atoms with Crippen LogP contribution in [0.15, 0.2) is 44.2 Å². The highest BCUT2D eigenvalue weighted by Gasteiger charge is 2.20. The molecule has 0 aliphatic heterocycles. The number of hydrogen-bond acceptors (Lipinski definition) is 3. The maximum atomic E-state index is 13.7. The van der Waals surface area contributed by atoms with Crippen LogP contribution < -0.4 is 10.5 Å². The Labute approximate surface area is 138 Å². The summed E-state index contributed by atoms with van der Waals surface area (Å²) in [5.74, 6) is -0.664. The lowest BCUT2D eigenvalue weighted by Crippen LogP contribution is -2.16. The first kappa shape index (κ1) is 16.3. The molecular weight excluding hydrogens is 427 g/mol. The van der Waals surface area contributed by atoms with Gasteiger partial charge in [-0.15, -0.1) is 0 Å². The van der Waals surface area contributed by atoms with Gasteiger partial charge in [-0.1, -0.05) is 31.9 Å². The molecule has 3 N–H and O–H groups in total. The van der Waals surface area contributed by atoms with E-state index in [2.05, 4.69) is 36.6 Å². The first-order valence-electron chi connectivity index (χ1n) is 5.74. The van der Waals surface area contributed by atoms with Crippen LogP contribution in [0.2, 0.25) is 0 Å². The molecule has 0 fully saturated rings. The standard InChI is InChI=1S/C13H11Br2FN2O2S/c1-7-11(17)4-9(15)6-13(7)21(19,20)18-12-5-8(14)2-3-10(12)16/h2-6,18H,17H2,1H3. The fraction of sp³-hybridized carbons (Fsp3) is 0.0769. The molecule has 0 amide bonds. The predicted molar refractivity (Wildman–Crippen MR) is 88.2 cm³/mol. The second-order valence-electron chi connectivity index (χ2n) is 4.35. The average molecular weight is 438 g/mol. The molecule has 0 unspecified atom stereocenters. The highest BCUT2D eigenvalue weighted by atomic mass is 79.9. The van der Waals surface area contributed by atoms with Crippen molar-refractivity contribution < 1.29 is 12.8 Å². The van der Waals surface area contributed by atoms with Crippen molar-refractivity contribution in [2.75, 3.05) is 10.5 Å². The molecule has 0 aliphatic rings. The summed E-state index contributed by atoms with van der Waals surface area (Å²) < 4.78 is 41.9. The minimum atomic E-state index is -3.95.